The number of allylic oxidation sites excluding steroid dienone is 1. The van der Waals surface area contributed by atoms with E-state index >= 15 is 0 Å². The van der Waals surface area contributed by atoms with E-state index in [0.717, 1.165) is 45.3 Å². The lowest BCUT2D eigenvalue weighted by atomic mass is 9.83. The minimum absolute atomic E-state index is 0.0477. The molecule has 0 saturated heterocycles. The summed E-state index contributed by atoms with van der Waals surface area (Å²) >= 11 is 4.96. The Labute approximate surface area is 259 Å². The van der Waals surface area contributed by atoms with E-state index < -0.39 is 4.92 Å². The lowest BCUT2D eigenvalue weighted by Gasteiger charge is -2.30. The minimum Gasteiger partial charge on any atom is -0.489 e. The molecule has 0 amide bonds. The van der Waals surface area contributed by atoms with E-state index in [2.05, 4.69) is 46.3 Å². The lowest BCUT2D eigenvalue weighted by Crippen LogP contribution is -2.38. The van der Waals surface area contributed by atoms with Gasteiger partial charge in [-0.25, -0.2) is 4.99 Å². The number of hydrogen-bond acceptors (Lipinski definition) is 6. The molecule has 0 bridgehead atoms. The van der Waals surface area contributed by atoms with E-state index in [4.69, 9.17) is 9.73 Å². The van der Waals surface area contributed by atoms with Gasteiger partial charge in [-0.05, 0) is 83.1 Å². The highest BCUT2D eigenvalue weighted by atomic mass is 79.9. The largest absolute Gasteiger partial charge is 0.489 e. The van der Waals surface area contributed by atoms with Gasteiger partial charge in [0.2, 0.25) is 0 Å². The van der Waals surface area contributed by atoms with Crippen LogP contribution < -0.4 is 19.6 Å². The Kier molecular flexibility index (Phi) is 7.12. The van der Waals surface area contributed by atoms with Crippen LogP contribution in [0.5, 0.6) is 5.75 Å². The number of halogens is 1. The Morgan fingerprint density at radius 3 is 2.47 bits per heavy atom. The molecule has 0 unspecified atom stereocenters. The van der Waals surface area contributed by atoms with E-state index in [1.54, 1.807) is 12.1 Å². The van der Waals surface area contributed by atoms with E-state index in [-0.39, 0.29) is 17.3 Å². The molecule has 1 aliphatic heterocycles. The molecule has 0 N–H and O–H groups in total. The van der Waals surface area contributed by atoms with Crippen LogP contribution in [0.1, 0.15) is 40.3 Å². The molecule has 9 heteroatoms. The molecule has 7 rings (SSSR count). The molecule has 0 radical (unpaired) electrons. The number of rotatable bonds is 6. The lowest BCUT2D eigenvalue weighted by molar-refractivity contribution is -0.384. The van der Waals surface area contributed by atoms with Crippen molar-refractivity contribution >= 4 is 44.7 Å². The predicted molar refractivity (Wildman–Crippen MR) is 171 cm³/mol. The van der Waals surface area contributed by atoms with Crippen LogP contribution in [-0.4, -0.2) is 9.49 Å². The number of nitrogens with zero attached hydrogens (tertiary/aromatic N) is 3. The van der Waals surface area contributed by atoms with Crippen molar-refractivity contribution in [3.8, 4) is 5.75 Å². The topological polar surface area (TPSA) is 86.7 Å². The van der Waals surface area contributed by atoms with Crippen LogP contribution in [0.15, 0.2) is 117 Å². The van der Waals surface area contributed by atoms with Crippen molar-refractivity contribution < 1.29 is 9.66 Å². The number of nitro groups is 1. The highest BCUT2D eigenvalue weighted by Crippen LogP contribution is 2.41. The summed E-state index contributed by atoms with van der Waals surface area (Å²) < 4.78 is 9.34. The Morgan fingerprint density at radius 2 is 1.72 bits per heavy atom. The van der Waals surface area contributed by atoms with Gasteiger partial charge in [0.05, 0.1) is 21.2 Å². The van der Waals surface area contributed by atoms with Gasteiger partial charge in [-0.3, -0.25) is 19.5 Å². The number of nitro benzene ring substituents is 1. The molecule has 0 saturated carbocycles. The maximum absolute atomic E-state index is 14.0. The minimum atomic E-state index is -0.422. The zero-order valence-electron chi connectivity index (χ0n) is 22.8. The molecule has 1 aliphatic carbocycles. The molecule has 2 heterocycles. The first-order valence-corrected chi connectivity index (χ1v) is 15.4. The van der Waals surface area contributed by atoms with Gasteiger partial charge in [-0.2, -0.15) is 0 Å². The maximum atomic E-state index is 14.0. The van der Waals surface area contributed by atoms with Crippen LogP contribution in [0.2, 0.25) is 0 Å². The molecule has 1 atom stereocenters. The molecular formula is C34H24BrN3O4S. The molecular weight excluding hydrogens is 626 g/mol. The number of non-ortho nitro benzene ring substituents is 1. The zero-order chi connectivity index (χ0) is 29.5. The van der Waals surface area contributed by atoms with Crippen LogP contribution in [0.4, 0.5) is 5.69 Å². The monoisotopic (exact) mass is 649 g/mol. The number of thiazole rings is 1. The standard InChI is InChI=1S/C34H24BrN3O4S/c35-25-12-9-24(10-13-25)32-29-18-11-23-3-1-2-4-28(23)31(29)36-34-37(32)33(39)30(43-34)19-21-7-16-27(17-8-21)42-20-22-5-14-26(15-6-22)38(40)41/h1-10,12-17,19,32H,11,18,20H2/b30-19-/t32-/m0/s1. The highest BCUT2D eigenvalue weighted by Gasteiger charge is 2.32. The van der Waals surface area contributed by atoms with Crippen molar-refractivity contribution in [1.82, 2.24) is 4.57 Å². The van der Waals surface area contributed by atoms with Gasteiger partial charge in [0, 0.05) is 22.2 Å². The number of fused-ring (bicyclic) bond motifs is 3. The van der Waals surface area contributed by atoms with E-state index in [1.165, 1.54) is 34.6 Å². The number of aryl methyl sites for hydroxylation is 1. The second kappa shape index (κ2) is 11.2. The van der Waals surface area contributed by atoms with E-state index in [9.17, 15) is 14.9 Å². The van der Waals surface area contributed by atoms with Crippen LogP contribution in [0.3, 0.4) is 0 Å². The first-order valence-electron chi connectivity index (χ1n) is 13.8. The summed E-state index contributed by atoms with van der Waals surface area (Å²) in [6.07, 6.45) is 3.67. The Bertz CT molecular complexity index is 2080. The van der Waals surface area contributed by atoms with Crippen LogP contribution >= 0.6 is 27.3 Å². The summed E-state index contributed by atoms with van der Waals surface area (Å²) in [5.74, 6) is 0.665. The summed E-state index contributed by atoms with van der Waals surface area (Å²) in [5.41, 5.74) is 7.36. The molecule has 212 valence electrons. The zero-order valence-corrected chi connectivity index (χ0v) is 25.2. The third-order valence-corrected chi connectivity index (χ3v) is 9.30. The molecule has 4 aromatic carbocycles. The van der Waals surface area contributed by atoms with E-state index in [1.807, 2.05) is 53.1 Å². The van der Waals surface area contributed by atoms with Gasteiger partial charge in [-0.1, -0.05) is 75.8 Å². The van der Waals surface area contributed by atoms with Crippen molar-refractivity contribution in [1.29, 1.82) is 0 Å². The Hall–Kier alpha value is -4.60. The fraction of sp³-hybridized carbons (Fsp3) is 0.118. The summed E-state index contributed by atoms with van der Waals surface area (Å²) in [7, 11) is 0. The third kappa shape index (κ3) is 5.26. The van der Waals surface area contributed by atoms with Crippen molar-refractivity contribution in [2.45, 2.75) is 25.5 Å². The average Bonchev–Trinajstić information content (AvgIpc) is 3.34. The molecule has 5 aromatic rings. The van der Waals surface area contributed by atoms with Crippen molar-refractivity contribution in [2.75, 3.05) is 0 Å². The first kappa shape index (κ1) is 27.2. The van der Waals surface area contributed by atoms with Gasteiger partial charge in [0.15, 0.2) is 4.80 Å². The molecule has 1 aromatic heterocycles. The number of benzene rings is 4. The fourth-order valence-electron chi connectivity index (χ4n) is 5.66. The SMILES string of the molecule is O=c1/c(=C/c2ccc(OCc3ccc([N+](=O)[O-])cc3)cc2)sc2n1[C@@H](c1ccc(Br)cc1)C1=C(N=2)c2ccccc2CC1. The molecule has 0 spiro atoms. The van der Waals surface area contributed by atoms with Crippen molar-refractivity contribution in [3.63, 3.8) is 0 Å². The van der Waals surface area contributed by atoms with Crippen LogP contribution in [0.25, 0.3) is 11.8 Å². The van der Waals surface area contributed by atoms with Gasteiger partial charge in [0.25, 0.3) is 11.2 Å². The van der Waals surface area contributed by atoms with Crippen LogP contribution in [-0.2, 0) is 13.0 Å². The molecule has 43 heavy (non-hydrogen) atoms. The summed E-state index contributed by atoms with van der Waals surface area (Å²) in [6, 6.07) is 30.2. The van der Waals surface area contributed by atoms with Gasteiger partial charge < -0.3 is 4.74 Å². The summed E-state index contributed by atoms with van der Waals surface area (Å²) in [4.78, 5) is 30.2. The predicted octanol–water partition coefficient (Wildman–Crippen LogP) is 6.57. The van der Waals surface area contributed by atoms with Crippen molar-refractivity contribution in [3.05, 3.63) is 165 Å². The molecule has 2 aliphatic rings. The normalized spacial score (nSPS) is 15.7. The number of ether oxygens (including phenoxy) is 1. The van der Waals surface area contributed by atoms with Gasteiger partial charge >= 0.3 is 0 Å². The summed E-state index contributed by atoms with van der Waals surface area (Å²) in [6.45, 7) is 0.291. The van der Waals surface area contributed by atoms with Crippen molar-refractivity contribution in [2.24, 2.45) is 4.99 Å². The van der Waals surface area contributed by atoms with Crippen LogP contribution in [0, 0.1) is 10.1 Å². The molecule has 0 fully saturated rings. The smallest absolute Gasteiger partial charge is 0.271 e. The maximum Gasteiger partial charge on any atom is 0.271 e. The second-order valence-corrected chi connectivity index (χ2v) is 12.4. The Morgan fingerprint density at radius 1 is 0.977 bits per heavy atom. The van der Waals surface area contributed by atoms with E-state index in [0.29, 0.717) is 21.7 Å². The average molecular weight is 651 g/mol. The highest BCUT2D eigenvalue weighted by molar-refractivity contribution is 9.10. The first-order chi connectivity index (χ1) is 20.9. The second-order valence-electron chi connectivity index (χ2n) is 10.4. The van der Waals surface area contributed by atoms with Gasteiger partial charge in [-0.15, -0.1) is 0 Å². The number of aromatic nitrogens is 1. The Balaban J connectivity index is 1.22. The fourth-order valence-corrected chi connectivity index (χ4v) is 6.92. The quantitative estimate of drug-likeness (QED) is 0.154. The molecule has 7 nitrogen and oxygen atoms in total. The summed E-state index contributed by atoms with van der Waals surface area (Å²) in [5, 5.41) is 10.9. The van der Waals surface area contributed by atoms with Gasteiger partial charge in [0.1, 0.15) is 12.4 Å². The number of hydrogen-bond donors (Lipinski definition) is 0. The third-order valence-electron chi connectivity index (χ3n) is 7.79.